The molecule has 17 heavy (non-hydrogen) atoms. The fraction of sp³-hybridized carbons (Fsp3) is 0.500. The van der Waals surface area contributed by atoms with Gasteiger partial charge in [-0.15, -0.1) is 0 Å². The summed E-state index contributed by atoms with van der Waals surface area (Å²) >= 11 is 0. The molecule has 0 aliphatic carbocycles. The molecule has 0 saturated carbocycles. The van der Waals surface area contributed by atoms with Crippen LogP contribution in [0.4, 0.5) is 13.2 Å². The summed E-state index contributed by atoms with van der Waals surface area (Å²) in [6.07, 6.45) is -4.89. The van der Waals surface area contributed by atoms with Crippen LogP contribution in [-0.4, -0.2) is 11.2 Å². The molecule has 0 bridgehead atoms. The van der Waals surface area contributed by atoms with Gasteiger partial charge in [0.1, 0.15) is 0 Å². The van der Waals surface area contributed by atoms with Gasteiger partial charge in [0.05, 0.1) is 11.7 Å². The van der Waals surface area contributed by atoms with E-state index in [1.807, 2.05) is 0 Å². The normalized spacial score (nSPS) is 15.7. The van der Waals surface area contributed by atoms with Crippen molar-refractivity contribution in [2.45, 2.75) is 38.6 Å². The summed E-state index contributed by atoms with van der Waals surface area (Å²) in [7, 11) is 0. The fourth-order valence-corrected chi connectivity index (χ4v) is 1.60. The Morgan fingerprint density at radius 1 is 1.24 bits per heavy atom. The van der Waals surface area contributed by atoms with Crippen molar-refractivity contribution in [3.8, 4) is 0 Å². The number of nitrogens with two attached hydrogens (primary N) is 1. The van der Waals surface area contributed by atoms with Crippen molar-refractivity contribution >= 4 is 0 Å². The second-order valence-corrected chi connectivity index (χ2v) is 4.30. The molecule has 0 amide bonds. The monoisotopic (exact) mass is 247 g/mol. The van der Waals surface area contributed by atoms with E-state index in [2.05, 4.69) is 0 Å². The first-order valence-corrected chi connectivity index (χ1v) is 5.35. The smallest absolute Gasteiger partial charge is 0.393 e. The second kappa shape index (κ2) is 5.06. The first-order chi connectivity index (χ1) is 7.70. The molecular formula is C12H16F3NO. The van der Waals surface area contributed by atoms with E-state index in [9.17, 15) is 18.3 Å². The third-order valence-corrected chi connectivity index (χ3v) is 2.40. The van der Waals surface area contributed by atoms with Crippen LogP contribution in [-0.2, 0) is 12.6 Å². The van der Waals surface area contributed by atoms with Gasteiger partial charge in [-0.25, -0.2) is 0 Å². The van der Waals surface area contributed by atoms with E-state index in [0.29, 0.717) is 11.1 Å². The Hall–Kier alpha value is -1.07. The number of rotatable bonds is 3. The molecule has 2 atom stereocenters. The summed E-state index contributed by atoms with van der Waals surface area (Å²) in [4.78, 5) is 0. The summed E-state index contributed by atoms with van der Waals surface area (Å²) in [5.74, 6) is 0. The van der Waals surface area contributed by atoms with Crippen LogP contribution in [0.15, 0.2) is 18.2 Å². The maximum absolute atomic E-state index is 12.6. The molecule has 3 N–H and O–H groups in total. The van der Waals surface area contributed by atoms with Gasteiger partial charge in [0, 0.05) is 6.04 Å². The molecule has 1 aromatic rings. The Labute approximate surface area is 98.3 Å². The van der Waals surface area contributed by atoms with Crippen LogP contribution in [0.3, 0.4) is 0 Å². The zero-order chi connectivity index (χ0) is 13.2. The van der Waals surface area contributed by atoms with Crippen LogP contribution in [0.25, 0.3) is 0 Å². The van der Waals surface area contributed by atoms with Crippen molar-refractivity contribution in [1.29, 1.82) is 0 Å². The van der Waals surface area contributed by atoms with Gasteiger partial charge in [-0.2, -0.15) is 13.2 Å². The third kappa shape index (κ3) is 4.02. The van der Waals surface area contributed by atoms with Crippen molar-refractivity contribution in [3.05, 3.63) is 34.9 Å². The number of halogens is 3. The maximum atomic E-state index is 12.6. The first kappa shape index (κ1) is 14.0. The molecule has 5 heteroatoms. The SMILES string of the molecule is CC(O)Cc1cc(C(C)N)cc(C(F)(F)F)c1. The molecule has 0 aromatic heterocycles. The highest BCUT2D eigenvalue weighted by Crippen LogP contribution is 2.32. The number of benzene rings is 1. The van der Waals surface area contributed by atoms with Gasteiger partial charge in [-0.3, -0.25) is 0 Å². The Bertz CT molecular complexity index is 386. The van der Waals surface area contributed by atoms with Crippen molar-refractivity contribution in [2.24, 2.45) is 5.73 Å². The molecule has 0 saturated heterocycles. The number of hydrogen-bond donors (Lipinski definition) is 2. The van der Waals surface area contributed by atoms with E-state index in [1.54, 1.807) is 13.0 Å². The van der Waals surface area contributed by atoms with E-state index < -0.39 is 23.9 Å². The van der Waals surface area contributed by atoms with Crippen molar-refractivity contribution in [3.63, 3.8) is 0 Å². The Balaban J connectivity index is 3.19. The van der Waals surface area contributed by atoms with Crippen molar-refractivity contribution in [1.82, 2.24) is 0 Å². The minimum absolute atomic E-state index is 0.184. The molecule has 96 valence electrons. The minimum atomic E-state index is -4.39. The van der Waals surface area contributed by atoms with E-state index in [4.69, 9.17) is 5.73 Å². The zero-order valence-corrected chi connectivity index (χ0v) is 9.75. The summed E-state index contributed by atoms with van der Waals surface area (Å²) in [5.41, 5.74) is 5.75. The summed E-state index contributed by atoms with van der Waals surface area (Å²) in [5, 5.41) is 9.22. The van der Waals surface area contributed by atoms with Crippen LogP contribution in [0.5, 0.6) is 0 Å². The molecule has 0 heterocycles. The lowest BCUT2D eigenvalue weighted by atomic mass is 9.98. The van der Waals surface area contributed by atoms with Crippen LogP contribution < -0.4 is 5.73 Å². The predicted molar refractivity (Wildman–Crippen MR) is 59.4 cm³/mol. The van der Waals surface area contributed by atoms with E-state index >= 15 is 0 Å². The molecule has 0 spiro atoms. The first-order valence-electron chi connectivity index (χ1n) is 5.35. The van der Waals surface area contributed by atoms with Gasteiger partial charge >= 0.3 is 6.18 Å². The lowest BCUT2D eigenvalue weighted by Crippen LogP contribution is -2.13. The number of alkyl halides is 3. The highest BCUT2D eigenvalue weighted by molar-refractivity contribution is 5.33. The van der Waals surface area contributed by atoms with Crippen molar-refractivity contribution < 1.29 is 18.3 Å². The molecule has 0 aliphatic heterocycles. The van der Waals surface area contributed by atoms with Gasteiger partial charge in [0.2, 0.25) is 0 Å². The van der Waals surface area contributed by atoms with Gasteiger partial charge in [-0.1, -0.05) is 6.07 Å². The molecule has 0 fully saturated rings. The van der Waals surface area contributed by atoms with E-state index in [1.165, 1.54) is 6.92 Å². The van der Waals surface area contributed by atoms with Gasteiger partial charge in [-0.05, 0) is 43.5 Å². The average Bonchev–Trinajstić information content (AvgIpc) is 2.14. The number of aliphatic hydroxyl groups excluding tert-OH is 1. The molecule has 0 aliphatic rings. The second-order valence-electron chi connectivity index (χ2n) is 4.30. The Morgan fingerprint density at radius 2 is 1.82 bits per heavy atom. The van der Waals surface area contributed by atoms with Crippen LogP contribution in [0.2, 0.25) is 0 Å². The van der Waals surface area contributed by atoms with Gasteiger partial charge in [0.25, 0.3) is 0 Å². The molecule has 1 rings (SSSR count). The largest absolute Gasteiger partial charge is 0.416 e. The Morgan fingerprint density at radius 3 is 2.24 bits per heavy atom. The van der Waals surface area contributed by atoms with E-state index in [0.717, 1.165) is 12.1 Å². The zero-order valence-electron chi connectivity index (χ0n) is 9.75. The Kier molecular flexibility index (Phi) is 4.16. The molecule has 1 aromatic carbocycles. The van der Waals surface area contributed by atoms with Crippen LogP contribution in [0, 0.1) is 0 Å². The van der Waals surface area contributed by atoms with Crippen LogP contribution >= 0.6 is 0 Å². The third-order valence-electron chi connectivity index (χ3n) is 2.40. The highest BCUT2D eigenvalue weighted by Gasteiger charge is 2.31. The van der Waals surface area contributed by atoms with Gasteiger partial charge < -0.3 is 10.8 Å². The molecule has 0 radical (unpaired) electrons. The van der Waals surface area contributed by atoms with Crippen LogP contribution in [0.1, 0.15) is 36.6 Å². The summed E-state index contributed by atoms with van der Waals surface area (Å²) in [6, 6.07) is 3.24. The van der Waals surface area contributed by atoms with Crippen molar-refractivity contribution in [2.75, 3.05) is 0 Å². The lowest BCUT2D eigenvalue weighted by molar-refractivity contribution is -0.137. The number of hydrogen-bond acceptors (Lipinski definition) is 2. The lowest BCUT2D eigenvalue weighted by Gasteiger charge is -2.15. The highest BCUT2D eigenvalue weighted by atomic mass is 19.4. The molecule has 2 nitrogen and oxygen atoms in total. The van der Waals surface area contributed by atoms with E-state index in [-0.39, 0.29) is 6.42 Å². The predicted octanol–water partition coefficient (Wildman–Crippen LogP) is 2.65. The average molecular weight is 247 g/mol. The maximum Gasteiger partial charge on any atom is 0.416 e. The topological polar surface area (TPSA) is 46.2 Å². The number of aliphatic hydroxyl groups is 1. The summed E-state index contributed by atoms with van der Waals surface area (Å²) in [6.45, 7) is 3.16. The van der Waals surface area contributed by atoms with Gasteiger partial charge in [0.15, 0.2) is 0 Å². The molecule has 2 unspecified atom stereocenters. The fourth-order valence-electron chi connectivity index (χ4n) is 1.60. The minimum Gasteiger partial charge on any atom is -0.393 e. The molecular weight excluding hydrogens is 231 g/mol. The quantitative estimate of drug-likeness (QED) is 0.862. The summed E-state index contributed by atoms with van der Waals surface area (Å²) < 4.78 is 37.9. The standard InChI is InChI=1S/C12H16F3NO/c1-7(17)3-9-4-10(8(2)16)6-11(5-9)12(13,14)15/h4-8,17H,3,16H2,1-2H3.